The van der Waals surface area contributed by atoms with Gasteiger partial charge in [-0.3, -0.25) is 0 Å². The lowest BCUT2D eigenvalue weighted by molar-refractivity contribution is 0.243. The fraction of sp³-hybridized carbons (Fsp3) is 0.462. The molecule has 1 heterocycles. The number of amides is 2. The summed E-state index contributed by atoms with van der Waals surface area (Å²) in [6, 6.07) is 6.21. The minimum absolute atomic E-state index is 0.134. The van der Waals surface area contributed by atoms with Crippen molar-refractivity contribution in [1.29, 1.82) is 0 Å². The molecule has 2 amide bonds. The maximum absolute atomic E-state index is 12.9. The summed E-state index contributed by atoms with van der Waals surface area (Å²) in [7, 11) is 0. The predicted octanol–water partition coefficient (Wildman–Crippen LogP) is 2.09. The standard InChI is InChI=1S/C13H18FN3O/c1-9-5-6-12(8-15-9)17-13(18)16-11-4-2-3-10(14)7-11/h2-4,7,9,12,15H,5-6,8H2,1H3,(H2,16,17,18). The van der Waals surface area contributed by atoms with Gasteiger partial charge in [0, 0.05) is 24.3 Å². The fourth-order valence-electron chi connectivity index (χ4n) is 2.04. The van der Waals surface area contributed by atoms with Crippen LogP contribution in [0.4, 0.5) is 14.9 Å². The molecule has 3 N–H and O–H groups in total. The molecule has 1 aromatic carbocycles. The lowest BCUT2D eigenvalue weighted by atomic mass is 10.0. The highest BCUT2D eigenvalue weighted by atomic mass is 19.1. The number of carbonyl (C=O) groups excluding carboxylic acids is 1. The molecule has 1 fully saturated rings. The van der Waals surface area contributed by atoms with Crippen LogP contribution in [-0.4, -0.2) is 24.7 Å². The van der Waals surface area contributed by atoms with E-state index < -0.39 is 0 Å². The van der Waals surface area contributed by atoms with Gasteiger partial charge >= 0.3 is 6.03 Å². The van der Waals surface area contributed by atoms with Crippen molar-refractivity contribution in [2.24, 2.45) is 0 Å². The molecule has 5 heteroatoms. The third-order valence-corrected chi connectivity index (χ3v) is 3.08. The van der Waals surface area contributed by atoms with E-state index in [1.165, 1.54) is 12.1 Å². The van der Waals surface area contributed by atoms with Gasteiger partial charge in [-0.05, 0) is 38.0 Å². The van der Waals surface area contributed by atoms with E-state index >= 15 is 0 Å². The highest BCUT2D eigenvalue weighted by Gasteiger charge is 2.18. The number of nitrogens with one attached hydrogen (secondary N) is 3. The molecule has 1 aliphatic rings. The van der Waals surface area contributed by atoms with Crippen molar-refractivity contribution in [3.63, 3.8) is 0 Å². The van der Waals surface area contributed by atoms with Crippen LogP contribution in [0.2, 0.25) is 0 Å². The largest absolute Gasteiger partial charge is 0.334 e. The van der Waals surface area contributed by atoms with Gasteiger partial charge in [0.1, 0.15) is 5.82 Å². The lowest BCUT2D eigenvalue weighted by Gasteiger charge is -2.28. The van der Waals surface area contributed by atoms with Crippen LogP contribution in [0.15, 0.2) is 24.3 Å². The van der Waals surface area contributed by atoms with Gasteiger partial charge < -0.3 is 16.0 Å². The van der Waals surface area contributed by atoms with Crippen molar-refractivity contribution in [3.8, 4) is 0 Å². The first-order valence-corrected chi connectivity index (χ1v) is 6.20. The molecule has 0 bridgehead atoms. The number of anilines is 1. The van der Waals surface area contributed by atoms with Crippen LogP contribution in [0.25, 0.3) is 0 Å². The zero-order valence-corrected chi connectivity index (χ0v) is 10.4. The second-order valence-corrected chi connectivity index (χ2v) is 4.69. The van der Waals surface area contributed by atoms with Crippen LogP contribution >= 0.6 is 0 Å². The van der Waals surface area contributed by atoms with Crippen LogP contribution in [0.3, 0.4) is 0 Å². The second kappa shape index (κ2) is 5.82. The van der Waals surface area contributed by atoms with Crippen molar-refractivity contribution in [2.45, 2.75) is 31.8 Å². The molecule has 0 spiro atoms. The molecule has 0 aromatic heterocycles. The van der Waals surface area contributed by atoms with Gasteiger partial charge in [0.05, 0.1) is 0 Å². The zero-order chi connectivity index (χ0) is 13.0. The Morgan fingerprint density at radius 3 is 2.94 bits per heavy atom. The van der Waals surface area contributed by atoms with Gasteiger partial charge in [-0.2, -0.15) is 0 Å². The number of halogens is 1. The highest BCUT2D eigenvalue weighted by Crippen LogP contribution is 2.10. The summed E-state index contributed by atoms with van der Waals surface area (Å²) in [5.74, 6) is -0.360. The van der Waals surface area contributed by atoms with E-state index in [-0.39, 0.29) is 17.9 Å². The number of piperidine rings is 1. The van der Waals surface area contributed by atoms with Crippen molar-refractivity contribution in [1.82, 2.24) is 10.6 Å². The van der Waals surface area contributed by atoms with Crippen molar-refractivity contribution >= 4 is 11.7 Å². The van der Waals surface area contributed by atoms with Crippen LogP contribution in [-0.2, 0) is 0 Å². The van der Waals surface area contributed by atoms with Gasteiger partial charge in [0.15, 0.2) is 0 Å². The summed E-state index contributed by atoms with van der Waals surface area (Å²) < 4.78 is 12.9. The van der Waals surface area contributed by atoms with Crippen molar-refractivity contribution in [2.75, 3.05) is 11.9 Å². The van der Waals surface area contributed by atoms with Crippen molar-refractivity contribution < 1.29 is 9.18 Å². The van der Waals surface area contributed by atoms with Crippen LogP contribution in [0.5, 0.6) is 0 Å². The first-order valence-electron chi connectivity index (χ1n) is 6.20. The lowest BCUT2D eigenvalue weighted by Crippen LogP contribution is -2.49. The Balaban J connectivity index is 1.82. The van der Waals surface area contributed by atoms with E-state index in [1.807, 2.05) is 0 Å². The molecule has 0 aliphatic carbocycles. The van der Waals surface area contributed by atoms with E-state index in [9.17, 15) is 9.18 Å². The average Bonchev–Trinajstić information content (AvgIpc) is 2.32. The van der Waals surface area contributed by atoms with Crippen LogP contribution < -0.4 is 16.0 Å². The van der Waals surface area contributed by atoms with Crippen LogP contribution in [0.1, 0.15) is 19.8 Å². The predicted molar refractivity (Wildman–Crippen MR) is 69.0 cm³/mol. The molecular formula is C13H18FN3O. The van der Waals surface area contributed by atoms with E-state index in [2.05, 4.69) is 22.9 Å². The Morgan fingerprint density at radius 2 is 2.28 bits per heavy atom. The summed E-state index contributed by atoms with van der Waals surface area (Å²) in [6.07, 6.45) is 2.01. The van der Waals surface area contributed by atoms with Crippen LogP contribution in [0, 0.1) is 5.82 Å². The summed E-state index contributed by atoms with van der Waals surface area (Å²) in [4.78, 5) is 11.7. The molecule has 0 saturated carbocycles. The third kappa shape index (κ3) is 3.70. The van der Waals surface area contributed by atoms with E-state index in [0.29, 0.717) is 11.7 Å². The first-order chi connectivity index (χ1) is 8.63. The number of rotatable bonds is 2. The number of carbonyl (C=O) groups is 1. The van der Waals surface area contributed by atoms with Gasteiger partial charge in [-0.15, -0.1) is 0 Å². The molecular weight excluding hydrogens is 233 g/mol. The second-order valence-electron chi connectivity index (χ2n) is 4.69. The van der Waals surface area contributed by atoms with Crippen molar-refractivity contribution in [3.05, 3.63) is 30.1 Å². The normalized spacial score (nSPS) is 23.4. The number of urea groups is 1. The van der Waals surface area contributed by atoms with E-state index in [0.717, 1.165) is 19.4 Å². The first kappa shape index (κ1) is 12.8. The Bertz CT molecular complexity index is 416. The number of hydrogen-bond acceptors (Lipinski definition) is 2. The molecule has 4 nitrogen and oxygen atoms in total. The quantitative estimate of drug-likeness (QED) is 0.754. The Morgan fingerprint density at radius 1 is 1.44 bits per heavy atom. The summed E-state index contributed by atoms with van der Waals surface area (Å²) in [6.45, 7) is 2.90. The molecule has 1 saturated heterocycles. The molecule has 1 aliphatic heterocycles. The molecule has 2 rings (SSSR count). The smallest absolute Gasteiger partial charge is 0.319 e. The van der Waals surface area contributed by atoms with E-state index in [4.69, 9.17) is 0 Å². The zero-order valence-electron chi connectivity index (χ0n) is 10.4. The number of benzene rings is 1. The summed E-state index contributed by atoms with van der Waals surface area (Å²) >= 11 is 0. The highest BCUT2D eigenvalue weighted by molar-refractivity contribution is 5.89. The SMILES string of the molecule is CC1CCC(NC(=O)Nc2cccc(F)c2)CN1. The molecule has 2 unspecified atom stereocenters. The molecule has 18 heavy (non-hydrogen) atoms. The van der Waals surface area contributed by atoms with Gasteiger partial charge in [-0.1, -0.05) is 6.07 Å². The maximum Gasteiger partial charge on any atom is 0.319 e. The summed E-state index contributed by atoms with van der Waals surface area (Å²) in [5.41, 5.74) is 0.463. The van der Waals surface area contributed by atoms with Gasteiger partial charge in [-0.25, -0.2) is 9.18 Å². The summed E-state index contributed by atoms with van der Waals surface area (Å²) in [5, 5.41) is 8.80. The fourth-order valence-corrected chi connectivity index (χ4v) is 2.04. The Kier molecular flexibility index (Phi) is 4.15. The van der Waals surface area contributed by atoms with Gasteiger partial charge in [0.2, 0.25) is 0 Å². The Hall–Kier alpha value is -1.62. The third-order valence-electron chi connectivity index (χ3n) is 3.08. The molecule has 2 atom stereocenters. The monoisotopic (exact) mass is 251 g/mol. The van der Waals surface area contributed by atoms with E-state index in [1.54, 1.807) is 12.1 Å². The minimum atomic E-state index is -0.360. The average molecular weight is 251 g/mol. The topological polar surface area (TPSA) is 53.2 Å². The number of hydrogen-bond donors (Lipinski definition) is 3. The molecule has 0 radical (unpaired) electrons. The maximum atomic E-state index is 12.9. The minimum Gasteiger partial charge on any atom is -0.334 e. The van der Waals surface area contributed by atoms with Gasteiger partial charge in [0.25, 0.3) is 0 Å². The Labute approximate surface area is 106 Å². The molecule has 1 aromatic rings. The molecule has 98 valence electrons.